The third-order valence-electron chi connectivity index (χ3n) is 3.86. The lowest BCUT2D eigenvalue weighted by Crippen LogP contribution is -2.42. The van der Waals surface area contributed by atoms with Crippen LogP contribution in [-0.2, 0) is 9.47 Å². The summed E-state index contributed by atoms with van der Waals surface area (Å²) in [7, 11) is 1.75. The zero-order chi connectivity index (χ0) is 10.6. The third kappa shape index (κ3) is 2.10. The molecule has 1 aliphatic heterocycles. The molecular weight excluding hydrogens is 178 g/mol. The van der Waals surface area contributed by atoms with Gasteiger partial charge >= 0.3 is 0 Å². The highest BCUT2D eigenvalue weighted by molar-refractivity contribution is 4.94. The summed E-state index contributed by atoms with van der Waals surface area (Å²) in [6.07, 6.45) is 2.45. The van der Waals surface area contributed by atoms with Crippen molar-refractivity contribution in [1.29, 1.82) is 0 Å². The average Bonchev–Trinajstić information content (AvgIpc) is 2.57. The summed E-state index contributed by atoms with van der Waals surface area (Å²) in [6, 6.07) is 0. The second-order valence-electron chi connectivity index (χ2n) is 4.38. The van der Waals surface area contributed by atoms with E-state index in [-0.39, 0.29) is 5.41 Å². The summed E-state index contributed by atoms with van der Waals surface area (Å²) in [4.78, 5) is 0. The third-order valence-corrected chi connectivity index (χ3v) is 3.86. The lowest BCUT2D eigenvalue weighted by Gasteiger charge is -2.37. The molecular formula is C11H23NO2. The Labute approximate surface area is 86.9 Å². The maximum absolute atomic E-state index is 5.91. The van der Waals surface area contributed by atoms with E-state index in [1.54, 1.807) is 7.11 Å². The minimum Gasteiger partial charge on any atom is -0.385 e. The molecule has 0 radical (unpaired) electrons. The van der Waals surface area contributed by atoms with Crippen LogP contribution in [0.1, 0.15) is 26.7 Å². The average molecular weight is 201 g/mol. The van der Waals surface area contributed by atoms with Crippen molar-refractivity contribution in [3.8, 4) is 0 Å². The summed E-state index contributed by atoms with van der Waals surface area (Å²) in [5.41, 5.74) is 6.09. The smallest absolute Gasteiger partial charge is 0.0618 e. The fourth-order valence-electron chi connectivity index (χ4n) is 2.49. The number of ether oxygens (including phenoxy) is 2. The van der Waals surface area contributed by atoms with Crippen molar-refractivity contribution in [3.63, 3.8) is 0 Å². The van der Waals surface area contributed by atoms with Gasteiger partial charge in [0.1, 0.15) is 0 Å². The Morgan fingerprint density at radius 1 is 1.64 bits per heavy atom. The van der Waals surface area contributed by atoms with E-state index >= 15 is 0 Å². The molecule has 0 aromatic heterocycles. The fraction of sp³-hybridized carbons (Fsp3) is 1.00. The molecule has 3 nitrogen and oxygen atoms in total. The molecule has 3 unspecified atom stereocenters. The molecule has 3 heteroatoms. The first-order valence-corrected chi connectivity index (χ1v) is 5.48. The van der Waals surface area contributed by atoms with E-state index in [4.69, 9.17) is 15.2 Å². The Hall–Kier alpha value is -0.120. The van der Waals surface area contributed by atoms with Gasteiger partial charge in [0.15, 0.2) is 0 Å². The lowest BCUT2D eigenvalue weighted by atomic mass is 9.70. The lowest BCUT2D eigenvalue weighted by molar-refractivity contribution is 0.0275. The molecule has 0 saturated carbocycles. The van der Waals surface area contributed by atoms with Crippen LogP contribution in [0.25, 0.3) is 0 Å². The Bertz CT molecular complexity index is 175. The van der Waals surface area contributed by atoms with E-state index in [0.29, 0.717) is 12.0 Å². The first kappa shape index (κ1) is 12.0. The molecule has 1 fully saturated rings. The standard InChI is InChI=1S/C11H23NO2/c1-9(4-6-13-3)11(8-12)5-7-14-10(11)2/h9-10H,4-8,12H2,1-3H3. The largest absolute Gasteiger partial charge is 0.385 e. The van der Waals surface area contributed by atoms with Gasteiger partial charge in [-0.15, -0.1) is 0 Å². The van der Waals surface area contributed by atoms with Crippen molar-refractivity contribution >= 4 is 0 Å². The monoisotopic (exact) mass is 201 g/mol. The molecule has 1 rings (SSSR count). The molecule has 3 atom stereocenters. The molecule has 84 valence electrons. The van der Waals surface area contributed by atoms with Gasteiger partial charge in [0.2, 0.25) is 0 Å². The molecule has 1 heterocycles. The van der Waals surface area contributed by atoms with Crippen molar-refractivity contribution in [1.82, 2.24) is 0 Å². The van der Waals surface area contributed by atoms with Crippen LogP contribution in [0.15, 0.2) is 0 Å². The zero-order valence-electron chi connectivity index (χ0n) is 9.58. The van der Waals surface area contributed by atoms with Crippen LogP contribution in [0.3, 0.4) is 0 Å². The molecule has 0 aliphatic carbocycles. The highest BCUT2D eigenvalue weighted by Gasteiger charge is 2.44. The van der Waals surface area contributed by atoms with Crippen LogP contribution in [0, 0.1) is 11.3 Å². The Morgan fingerprint density at radius 2 is 2.36 bits per heavy atom. The minimum atomic E-state index is 0.179. The maximum atomic E-state index is 5.91. The SMILES string of the molecule is COCCC(C)C1(CN)CCOC1C. The van der Waals surface area contributed by atoms with Gasteiger partial charge in [-0.05, 0) is 25.7 Å². The van der Waals surface area contributed by atoms with E-state index in [1.165, 1.54) is 0 Å². The molecule has 1 saturated heterocycles. The van der Waals surface area contributed by atoms with Crippen LogP contribution in [0.5, 0.6) is 0 Å². The number of rotatable bonds is 5. The number of methoxy groups -OCH3 is 1. The fourth-order valence-corrected chi connectivity index (χ4v) is 2.49. The van der Waals surface area contributed by atoms with Gasteiger partial charge in [-0.3, -0.25) is 0 Å². The van der Waals surface area contributed by atoms with Crippen molar-refractivity contribution in [3.05, 3.63) is 0 Å². The zero-order valence-corrected chi connectivity index (χ0v) is 9.58. The molecule has 14 heavy (non-hydrogen) atoms. The molecule has 0 aromatic rings. The van der Waals surface area contributed by atoms with Gasteiger partial charge in [-0.25, -0.2) is 0 Å². The van der Waals surface area contributed by atoms with E-state index in [0.717, 1.165) is 32.6 Å². The molecule has 0 bridgehead atoms. The maximum Gasteiger partial charge on any atom is 0.0618 e. The molecule has 0 amide bonds. The molecule has 1 aliphatic rings. The minimum absolute atomic E-state index is 0.179. The van der Waals surface area contributed by atoms with Gasteiger partial charge in [0, 0.05) is 32.3 Å². The van der Waals surface area contributed by atoms with Gasteiger partial charge in [0.05, 0.1) is 6.10 Å². The van der Waals surface area contributed by atoms with Crippen LogP contribution in [0.4, 0.5) is 0 Å². The first-order valence-electron chi connectivity index (χ1n) is 5.48. The van der Waals surface area contributed by atoms with Crippen molar-refractivity contribution in [2.45, 2.75) is 32.8 Å². The molecule has 0 spiro atoms. The van der Waals surface area contributed by atoms with E-state index in [1.807, 2.05) is 0 Å². The number of nitrogens with two attached hydrogens (primary N) is 1. The summed E-state index contributed by atoms with van der Waals surface area (Å²) < 4.78 is 10.8. The second-order valence-corrected chi connectivity index (χ2v) is 4.38. The van der Waals surface area contributed by atoms with Gasteiger partial charge < -0.3 is 15.2 Å². The highest BCUT2D eigenvalue weighted by atomic mass is 16.5. The van der Waals surface area contributed by atoms with E-state index in [9.17, 15) is 0 Å². The highest BCUT2D eigenvalue weighted by Crippen LogP contribution is 2.42. The Morgan fingerprint density at radius 3 is 2.79 bits per heavy atom. The van der Waals surface area contributed by atoms with E-state index < -0.39 is 0 Å². The van der Waals surface area contributed by atoms with Crippen LogP contribution in [-0.4, -0.2) is 33.0 Å². The van der Waals surface area contributed by atoms with Crippen molar-refractivity contribution < 1.29 is 9.47 Å². The van der Waals surface area contributed by atoms with Gasteiger partial charge in [-0.2, -0.15) is 0 Å². The predicted octanol–water partition coefficient (Wildman–Crippen LogP) is 1.41. The summed E-state index contributed by atoms with van der Waals surface area (Å²) >= 11 is 0. The molecule has 0 aromatic carbocycles. The second kappa shape index (κ2) is 5.10. The van der Waals surface area contributed by atoms with E-state index in [2.05, 4.69) is 13.8 Å². The van der Waals surface area contributed by atoms with Crippen LogP contribution >= 0.6 is 0 Å². The first-order chi connectivity index (χ1) is 6.67. The Balaban J connectivity index is 2.58. The van der Waals surface area contributed by atoms with Crippen molar-refractivity contribution in [2.24, 2.45) is 17.1 Å². The van der Waals surface area contributed by atoms with Crippen molar-refractivity contribution in [2.75, 3.05) is 26.9 Å². The quantitative estimate of drug-likeness (QED) is 0.731. The van der Waals surface area contributed by atoms with Gasteiger partial charge in [-0.1, -0.05) is 6.92 Å². The van der Waals surface area contributed by atoms with Crippen LogP contribution in [0.2, 0.25) is 0 Å². The summed E-state index contributed by atoms with van der Waals surface area (Å²) in [5.74, 6) is 0.574. The molecule has 2 N–H and O–H groups in total. The number of hydrogen-bond acceptors (Lipinski definition) is 3. The predicted molar refractivity (Wildman–Crippen MR) is 57.2 cm³/mol. The topological polar surface area (TPSA) is 44.5 Å². The normalized spacial score (nSPS) is 34.7. The van der Waals surface area contributed by atoms with Gasteiger partial charge in [0.25, 0.3) is 0 Å². The number of hydrogen-bond donors (Lipinski definition) is 1. The Kier molecular flexibility index (Phi) is 4.35. The van der Waals surface area contributed by atoms with Crippen LogP contribution < -0.4 is 5.73 Å². The summed E-state index contributed by atoms with van der Waals surface area (Å²) in [5, 5.41) is 0. The summed E-state index contributed by atoms with van der Waals surface area (Å²) in [6.45, 7) is 6.80.